The number of carbonyl (C=O) groups is 1. The van der Waals surface area contributed by atoms with E-state index in [9.17, 15) is 4.79 Å². The Balaban J connectivity index is 1.73. The Morgan fingerprint density at radius 1 is 1.21 bits per heavy atom. The molecule has 0 bridgehead atoms. The van der Waals surface area contributed by atoms with E-state index < -0.39 is 0 Å². The fraction of sp³-hybridized carbons (Fsp3) is 0.267. The second-order valence-corrected chi connectivity index (χ2v) is 5.04. The van der Waals surface area contributed by atoms with Gasteiger partial charge in [-0.2, -0.15) is 11.3 Å². The number of methoxy groups -OCH3 is 1. The summed E-state index contributed by atoms with van der Waals surface area (Å²) in [7, 11) is 1.64. The molecule has 100 valence electrons. The number of hydrogen-bond acceptors (Lipinski definition) is 3. The van der Waals surface area contributed by atoms with E-state index in [4.69, 9.17) is 4.74 Å². The highest BCUT2D eigenvalue weighted by atomic mass is 32.1. The molecule has 0 spiro atoms. The summed E-state index contributed by atoms with van der Waals surface area (Å²) in [4.78, 5) is 11.7. The largest absolute Gasteiger partial charge is 0.497 e. The van der Waals surface area contributed by atoms with Gasteiger partial charge in [0.1, 0.15) is 5.75 Å². The van der Waals surface area contributed by atoms with Crippen LogP contribution >= 0.6 is 11.3 Å². The fourth-order valence-corrected chi connectivity index (χ4v) is 2.43. The Bertz CT molecular complexity index is 505. The first-order valence-corrected chi connectivity index (χ1v) is 7.13. The van der Waals surface area contributed by atoms with Crippen LogP contribution in [0, 0.1) is 0 Å². The monoisotopic (exact) mass is 275 g/mol. The summed E-state index contributed by atoms with van der Waals surface area (Å²) in [5, 5.41) is 7.03. The molecule has 0 aliphatic carbocycles. The first-order valence-electron chi connectivity index (χ1n) is 6.18. The lowest BCUT2D eigenvalue weighted by atomic mass is 10.2. The average molecular weight is 275 g/mol. The summed E-state index contributed by atoms with van der Waals surface area (Å²) in [6, 6.07) is 9.76. The van der Waals surface area contributed by atoms with Crippen LogP contribution in [0.25, 0.3) is 0 Å². The van der Waals surface area contributed by atoms with Crippen LogP contribution in [-0.4, -0.2) is 13.0 Å². The van der Waals surface area contributed by atoms with E-state index in [1.807, 2.05) is 29.6 Å². The third kappa shape index (κ3) is 4.41. The average Bonchev–Trinajstić information content (AvgIpc) is 2.96. The maximum Gasteiger partial charge on any atom is 0.220 e. The van der Waals surface area contributed by atoms with Crippen LogP contribution in [-0.2, 0) is 17.8 Å². The molecule has 0 fully saturated rings. The molecule has 0 radical (unpaired) electrons. The van der Waals surface area contributed by atoms with E-state index in [0.29, 0.717) is 13.0 Å². The van der Waals surface area contributed by atoms with Gasteiger partial charge >= 0.3 is 0 Å². The number of thiophene rings is 1. The van der Waals surface area contributed by atoms with Crippen molar-refractivity contribution >= 4 is 17.2 Å². The molecule has 3 nitrogen and oxygen atoms in total. The van der Waals surface area contributed by atoms with Crippen molar-refractivity contribution in [1.82, 2.24) is 5.32 Å². The van der Waals surface area contributed by atoms with E-state index in [1.54, 1.807) is 18.4 Å². The van der Waals surface area contributed by atoms with Gasteiger partial charge in [0, 0.05) is 13.0 Å². The van der Waals surface area contributed by atoms with Crippen LogP contribution in [0.5, 0.6) is 5.75 Å². The molecule has 0 unspecified atom stereocenters. The summed E-state index contributed by atoms with van der Waals surface area (Å²) in [5.74, 6) is 0.912. The molecular formula is C15H17NO2S. The minimum absolute atomic E-state index is 0.0852. The maximum absolute atomic E-state index is 11.7. The standard InChI is InChI=1S/C15H17NO2S/c1-18-14-5-2-12(3-6-14)10-16-15(17)7-4-13-8-9-19-11-13/h2-3,5-6,8-9,11H,4,7,10H2,1H3,(H,16,17). The number of ether oxygens (including phenoxy) is 1. The number of amides is 1. The van der Waals surface area contributed by atoms with Crippen LogP contribution < -0.4 is 10.1 Å². The number of rotatable bonds is 6. The second-order valence-electron chi connectivity index (χ2n) is 4.26. The minimum Gasteiger partial charge on any atom is -0.497 e. The van der Waals surface area contributed by atoms with Crippen molar-refractivity contribution in [2.45, 2.75) is 19.4 Å². The molecule has 2 rings (SSSR count). The Morgan fingerprint density at radius 2 is 2.00 bits per heavy atom. The molecule has 0 saturated carbocycles. The van der Waals surface area contributed by atoms with Gasteiger partial charge in [-0.15, -0.1) is 0 Å². The van der Waals surface area contributed by atoms with Gasteiger partial charge in [0.25, 0.3) is 0 Å². The molecular weight excluding hydrogens is 258 g/mol. The topological polar surface area (TPSA) is 38.3 Å². The van der Waals surface area contributed by atoms with Gasteiger partial charge < -0.3 is 10.1 Å². The van der Waals surface area contributed by atoms with Crippen LogP contribution in [0.1, 0.15) is 17.5 Å². The van der Waals surface area contributed by atoms with E-state index in [-0.39, 0.29) is 5.91 Å². The molecule has 1 heterocycles. The van der Waals surface area contributed by atoms with Gasteiger partial charge in [-0.3, -0.25) is 4.79 Å². The van der Waals surface area contributed by atoms with Gasteiger partial charge in [-0.05, 0) is 46.5 Å². The van der Waals surface area contributed by atoms with Gasteiger partial charge in [-0.1, -0.05) is 12.1 Å². The Kier molecular flexibility index (Phi) is 4.98. The quantitative estimate of drug-likeness (QED) is 0.880. The number of carbonyl (C=O) groups excluding carboxylic acids is 1. The summed E-state index contributed by atoms with van der Waals surface area (Å²) in [5.41, 5.74) is 2.30. The maximum atomic E-state index is 11.7. The van der Waals surface area contributed by atoms with Crippen LogP contribution in [0.15, 0.2) is 41.1 Å². The zero-order chi connectivity index (χ0) is 13.5. The SMILES string of the molecule is COc1ccc(CNC(=O)CCc2ccsc2)cc1. The molecule has 0 atom stereocenters. The molecule has 1 N–H and O–H groups in total. The van der Waals surface area contributed by atoms with Gasteiger partial charge in [-0.25, -0.2) is 0 Å². The second kappa shape index (κ2) is 6.95. The van der Waals surface area contributed by atoms with Crippen molar-refractivity contribution in [3.05, 3.63) is 52.2 Å². The highest BCUT2D eigenvalue weighted by molar-refractivity contribution is 7.07. The molecule has 1 amide bonds. The lowest BCUT2D eigenvalue weighted by Crippen LogP contribution is -2.22. The molecule has 19 heavy (non-hydrogen) atoms. The molecule has 0 aliphatic heterocycles. The Morgan fingerprint density at radius 3 is 2.63 bits per heavy atom. The molecule has 0 saturated heterocycles. The number of aryl methyl sites for hydroxylation is 1. The van der Waals surface area contributed by atoms with Crippen molar-refractivity contribution < 1.29 is 9.53 Å². The smallest absolute Gasteiger partial charge is 0.220 e. The molecule has 1 aromatic heterocycles. The lowest BCUT2D eigenvalue weighted by molar-refractivity contribution is -0.121. The lowest BCUT2D eigenvalue weighted by Gasteiger charge is -2.06. The minimum atomic E-state index is 0.0852. The van der Waals surface area contributed by atoms with Gasteiger partial charge in [0.05, 0.1) is 7.11 Å². The zero-order valence-corrected chi connectivity index (χ0v) is 11.7. The van der Waals surface area contributed by atoms with Crippen molar-refractivity contribution in [2.75, 3.05) is 7.11 Å². The Hall–Kier alpha value is -1.81. The summed E-state index contributed by atoms with van der Waals surface area (Å²) >= 11 is 1.66. The third-order valence-corrected chi connectivity index (χ3v) is 3.60. The molecule has 0 aliphatic rings. The molecule has 1 aromatic carbocycles. The van der Waals surface area contributed by atoms with Crippen molar-refractivity contribution in [3.63, 3.8) is 0 Å². The van der Waals surface area contributed by atoms with Gasteiger partial charge in [0.2, 0.25) is 5.91 Å². The number of benzene rings is 1. The highest BCUT2D eigenvalue weighted by Crippen LogP contribution is 2.11. The highest BCUT2D eigenvalue weighted by Gasteiger charge is 2.02. The Labute approximate surface area is 117 Å². The third-order valence-electron chi connectivity index (χ3n) is 2.87. The number of nitrogens with one attached hydrogen (secondary N) is 1. The van der Waals surface area contributed by atoms with E-state index in [0.717, 1.165) is 17.7 Å². The summed E-state index contributed by atoms with van der Waals surface area (Å²) in [6.07, 6.45) is 1.34. The number of hydrogen-bond donors (Lipinski definition) is 1. The van der Waals surface area contributed by atoms with E-state index in [2.05, 4.69) is 16.8 Å². The first-order chi connectivity index (χ1) is 9.28. The van der Waals surface area contributed by atoms with Crippen molar-refractivity contribution in [1.29, 1.82) is 0 Å². The van der Waals surface area contributed by atoms with Crippen LogP contribution in [0.2, 0.25) is 0 Å². The van der Waals surface area contributed by atoms with Crippen molar-refractivity contribution in [2.24, 2.45) is 0 Å². The zero-order valence-electron chi connectivity index (χ0n) is 10.9. The normalized spacial score (nSPS) is 10.2. The predicted octanol–water partition coefficient (Wildman–Crippen LogP) is 3.01. The summed E-state index contributed by atoms with van der Waals surface area (Å²) < 4.78 is 5.09. The van der Waals surface area contributed by atoms with Crippen LogP contribution in [0.4, 0.5) is 0 Å². The van der Waals surface area contributed by atoms with Crippen LogP contribution in [0.3, 0.4) is 0 Å². The fourth-order valence-electron chi connectivity index (χ4n) is 1.73. The first kappa shape index (κ1) is 13.6. The van der Waals surface area contributed by atoms with Crippen molar-refractivity contribution in [3.8, 4) is 5.75 Å². The van der Waals surface area contributed by atoms with E-state index >= 15 is 0 Å². The predicted molar refractivity (Wildman–Crippen MR) is 77.5 cm³/mol. The summed E-state index contributed by atoms with van der Waals surface area (Å²) in [6.45, 7) is 0.562. The molecule has 2 aromatic rings. The van der Waals surface area contributed by atoms with E-state index in [1.165, 1.54) is 5.56 Å². The molecule has 4 heteroatoms. The van der Waals surface area contributed by atoms with Gasteiger partial charge in [0.15, 0.2) is 0 Å².